The van der Waals surface area contributed by atoms with Crippen molar-refractivity contribution in [2.75, 3.05) is 18.4 Å². The van der Waals surface area contributed by atoms with Crippen molar-refractivity contribution < 1.29 is 0 Å². The molecule has 0 spiro atoms. The normalized spacial score (nSPS) is 17.0. The Labute approximate surface area is 160 Å². The second kappa shape index (κ2) is 7.88. The van der Waals surface area contributed by atoms with Crippen LogP contribution in [0.2, 0.25) is 0 Å². The van der Waals surface area contributed by atoms with Gasteiger partial charge in [0.2, 0.25) is 5.95 Å². The van der Waals surface area contributed by atoms with Crippen molar-refractivity contribution in [1.82, 2.24) is 24.8 Å². The summed E-state index contributed by atoms with van der Waals surface area (Å²) in [6.45, 7) is 6.05. The van der Waals surface area contributed by atoms with E-state index in [1.54, 1.807) is 6.33 Å². The van der Waals surface area contributed by atoms with E-state index in [0.717, 1.165) is 49.0 Å². The highest BCUT2D eigenvalue weighted by Gasteiger charge is 2.28. The van der Waals surface area contributed by atoms with E-state index in [-0.39, 0.29) is 6.04 Å². The van der Waals surface area contributed by atoms with Gasteiger partial charge in [-0.25, -0.2) is 15.0 Å². The lowest BCUT2D eigenvalue weighted by Gasteiger charge is -2.37. The van der Waals surface area contributed by atoms with Gasteiger partial charge in [0, 0.05) is 36.7 Å². The third kappa shape index (κ3) is 4.17. The summed E-state index contributed by atoms with van der Waals surface area (Å²) in [6.07, 6.45) is 5.82. The number of aryl methyl sites for hydroxylation is 2. The Hall–Kier alpha value is -2.73. The number of nitrogens with zero attached hydrogens (tertiary/aromatic N) is 4. The fourth-order valence-corrected chi connectivity index (χ4v) is 3.91. The van der Waals surface area contributed by atoms with Crippen molar-refractivity contribution in [1.29, 1.82) is 0 Å². The first-order valence-corrected chi connectivity index (χ1v) is 9.55. The smallest absolute Gasteiger partial charge is 0.223 e. The summed E-state index contributed by atoms with van der Waals surface area (Å²) in [5, 5.41) is 3.53. The molecule has 4 rings (SSSR count). The molecule has 0 radical (unpaired) electrons. The second-order valence-corrected chi connectivity index (χ2v) is 7.25. The van der Waals surface area contributed by atoms with Crippen molar-refractivity contribution in [3.05, 3.63) is 71.6 Å². The maximum Gasteiger partial charge on any atom is 0.223 e. The average Bonchev–Trinajstić information content (AvgIpc) is 3.18. The Morgan fingerprint density at radius 2 is 1.78 bits per heavy atom. The van der Waals surface area contributed by atoms with Gasteiger partial charge in [-0.15, -0.1) is 0 Å². The molecular weight excluding hydrogens is 336 g/mol. The number of H-pyrrole nitrogens is 1. The molecule has 0 amide bonds. The molecule has 2 aromatic heterocycles. The maximum atomic E-state index is 4.52. The third-order valence-corrected chi connectivity index (χ3v) is 5.14. The van der Waals surface area contributed by atoms with Crippen molar-refractivity contribution >= 4 is 5.95 Å². The summed E-state index contributed by atoms with van der Waals surface area (Å²) >= 11 is 0. The molecule has 1 aliphatic heterocycles. The summed E-state index contributed by atoms with van der Waals surface area (Å²) in [5.74, 6) is 0.749. The first kappa shape index (κ1) is 17.7. The molecule has 0 bridgehead atoms. The van der Waals surface area contributed by atoms with E-state index < -0.39 is 0 Å². The van der Waals surface area contributed by atoms with Crippen LogP contribution in [0, 0.1) is 13.8 Å². The lowest BCUT2D eigenvalue weighted by atomic mass is 9.97. The van der Waals surface area contributed by atoms with Gasteiger partial charge in [0.25, 0.3) is 0 Å². The van der Waals surface area contributed by atoms with Gasteiger partial charge in [-0.1, -0.05) is 30.3 Å². The van der Waals surface area contributed by atoms with Crippen molar-refractivity contribution in [3.63, 3.8) is 0 Å². The van der Waals surface area contributed by atoms with Crippen LogP contribution in [0.4, 0.5) is 5.95 Å². The van der Waals surface area contributed by atoms with Gasteiger partial charge in [0.05, 0.1) is 18.1 Å². The SMILES string of the molecule is Cc1cc(C)nc(NC2CCN(C(c3ccccc3)c3cnc[nH]3)CC2)n1. The van der Waals surface area contributed by atoms with Crippen LogP contribution in [-0.4, -0.2) is 44.0 Å². The van der Waals surface area contributed by atoms with Gasteiger partial charge in [0.15, 0.2) is 0 Å². The Kier molecular flexibility index (Phi) is 5.16. The van der Waals surface area contributed by atoms with Gasteiger partial charge in [-0.05, 0) is 38.3 Å². The van der Waals surface area contributed by atoms with E-state index in [4.69, 9.17) is 0 Å². The molecular formula is C21H26N6. The highest BCUT2D eigenvalue weighted by molar-refractivity contribution is 5.30. The van der Waals surface area contributed by atoms with Crippen LogP contribution in [0.25, 0.3) is 0 Å². The molecule has 1 unspecified atom stereocenters. The molecule has 6 heteroatoms. The van der Waals surface area contributed by atoms with Crippen LogP contribution in [-0.2, 0) is 0 Å². The summed E-state index contributed by atoms with van der Waals surface area (Å²) in [7, 11) is 0. The lowest BCUT2D eigenvalue weighted by Crippen LogP contribution is -2.41. The van der Waals surface area contributed by atoms with E-state index in [2.05, 4.69) is 60.5 Å². The molecule has 1 saturated heterocycles. The van der Waals surface area contributed by atoms with E-state index in [0.29, 0.717) is 6.04 Å². The predicted molar refractivity (Wildman–Crippen MR) is 107 cm³/mol. The summed E-state index contributed by atoms with van der Waals surface area (Å²) < 4.78 is 0. The van der Waals surface area contributed by atoms with Gasteiger partial charge in [-0.2, -0.15) is 0 Å². The van der Waals surface area contributed by atoms with Crippen LogP contribution in [0.5, 0.6) is 0 Å². The number of hydrogen-bond acceptors (Lipinski definition) is 5. The first-order chi connectivity index (χ1) is 13.2. The molecule has 0 aliphatic carbocycles. The molecule has 3 aromatic rings. The number of benzene rings is 1. The standard InChI is InChI=1S/C21H26N6/c1-15-12-16(2)25-21(24-15)26-18-8-10-27(11-9-18)20(19-13-22-14-23-19)17-6-4-3-5-7-17/h3-7,12-14,18,20H,8-11H2,1-2H3,(H,22,23)(H,24,25,26). The minimum Gasteiger partial charge on any atom is -0.351 e. The molecule has 1 atom stereocenters. The topological polar surface area (TPSA) is 69.7 Å². The van der Waals surface area contributed by atoms with Crippen LogP contribution >= 0.6 is 0 Å². The number of nitrogens with one attached hydrogen (secondary N) is 2. The molecule has 140 valence electrons. The number of aromatic amines is 1. The van der Waals surface area contributed by atoms with Crippen molar-refractivity contribution in [2.45, 2.75) is 38.8 Å². The van der Waals surface area contributed by atoms with Crippen LogP contribution in [0.1, 0.15) is 41.5 Å². The quantitative estimate of drug-likeness (QED) is 0.727. The van der Waals surface area contributed by atoms with Gasteiger partial charge in [-0.3, -0.25) is 4.90 Å². The van der Waals surface area contributed by atoms with E-state index in [1.165, 1.54) is 5.56 Å². The van der Waals surface area contributed by atoms with E-state index in [9.17, 15) is 0 Å². The highest BCUT2D eigenvalue weighted by Crippen LogP contribution is 2.30. The minimum absolute atomic E-state index is 0.215. The maximum absolute atomic E-state index is 4.52. The summed E-state index contributed by atoms with van der Waals surface area (Å²) in [5.41, 5.74) is 4.45. The van der Waals surface area contributed by atoms with Crippen molar-refractivity contribution in [3.8, 4) is 0 Å². The fourth-order valence-electron chi connectivity index (χ4n) is 3.91. The molecule has 1 aliphatic rings. The van der Waals surface area contributed by atoms with Gasteiger partial charge < -0.3 is 10.3 Å². The van der Waals surface area contributed by atoms with E-state index >= 15 is 0 Å². The molecule has 2 N–H and O–H groups in total. The highest BCUT2D eigenvalue weighted by atomic mass is 15.2. The number of rotatable bonds is 5. The number of aromatic nitrogens is 4. The van der Waals surface area contributed by atoms with Gasteiger partial charge >= 0.3 is 0 Å². The Balaban J connectivity index is 1.45. The zero-order valence-corrected chi connectivity index (χ0v) is 15.9. The summed E-state index contributed by atoms with van der Waals surface area (Å²) in [4.78, 5) is 19.1. The van der Waals surface area contributed by atoms with Crippen LogP contribution < -0.4 is 5.32 Å². The third-order valence-electron chi connectivity index (χ3n) is 5.14. The fraction of sp³-hybridized carbons (Fsp3) is 0.381. The van der Waals surface area contributed by atoms with Crippen LogP contribution in [0.3, 0.4) is 0 Å². The Bertz CT molecular complexity index is 833. The number of hydrogen-bond donors (Lipinski definition) is 2. The lowest BCUT2D eigenvalue weighted by molar-refractivity contribution is 0.177. The molecule has 0 saturated carbocycles. The number of anilines is 1. The number of likely N-dealkylation sites (tertiary alicyclic amines) is 1. The summed E-state index contributed by atoms with van der Waals surface area (Å²) in [6, 6.07) is 13.3. The van der Waals surface area contributed by atoms with E-state index in [1.807, 2.05) is 26.1 Å². The van der Waals surface area contributed by atoms with Crippen LogP contribution in [0.15, 0.2) is 48.9 Å². The monoisotopic (exact) mass is 362 g/mol. The zero-order chi connectivity index (χ0) is 18.6. The molecule has 1 fully saturated rings. The van der Waals surface area contributed by atoms with Gasteiger partial charge in [0.1, 0.15) is 0 Å². The molecule has 1 aromatic carbocycles. The Morgan fingerprint density at radius 3 is 2.41 bits per heavy atom. The first-order valence-electron chi connectivity index (χ1n) is 9.55. The zero-order valence-electron chi connectivity index (χ0n) is 15.9. The van der Waals surface area contributed by atoms with Crippen molar-refractivity contribution in [2.24, 2.45) is 0 Å². The second-order valence-electron chi connectivity index (χ2n) is 7.25. The predicted octanol–water partition coefficient (Wildman–Crippen LogP) is 3.48. The number of imidazole rings is 1. The minimum atomic E-state index is 0.215. The Morgan fingerprint density at radius 1 is 1.07 bits per heavy atom. The number of piperidine rings is 1. The largest absolute Gasteiger partial charge is 0.351 e. The molecule has 6 nitrogen and oxygen atoms in total. The average molecular weight is 362 g/mol. The molecule has 27 heavy (non-hydrogen) atoms. The molecule has 3 heterocycles.